The highest BCUT2D eigenvalue weighted by Crippen LogP contribution is 1.73. The average Bonchev–Trinajstić information content (AvgIpc) is 1.61. The van der Waals surface area contributed by atoms with E-state index in [4.69, 9.17) is 10.2 Å². The first-order valence-corrected chi connectivity index (χ1v) is 2.92. The molecular formula is C6H19NO3. The number of aliphatic hydroxyl groups is 2. The molecule has 66 valence electrons. The second-order valence-corrected chi connectivity index (χ2v) is 3.13. The summed E-state index contributed by atoms with van der Waals surface area (Å²) in [4.78, 5) is 0. The number of hydrogen-bond donors (Lipinski definition) is 2. The van der Waals surface area contributed by atoms with Crippen molar-refractivity contribution in [2.45, 2.75) is 0 Å². The van der Waals surface area contributed by atoms with Gasteiger partial charge in [0.05, 0.1) is 41.4 Å². The monoisotopic (exact) mass is 153 g/mol. The molecule has 0 aromatic rings. The molecule has 10 heavy (non-hydrogen) atoms. The molecule has 0 atom stereocenters. The minimum Gasteiger partial charge on any atom is -0.870 e. The van der Waals surface area contributed by atoms with Crippen LogP contribution in [0.3, 0.4) is 0 Å². The van der Waals surface area contributed by atoms with Crippen LogP contribution in [0.2, 0.25) is 0 Å². The van der Waals surface area contributed by atoms with Crippen molar-refractivity contribution in [2.24, 2.45) is 0 Å². The molecule has 0 fully saturated rings. The van der Waals surface area contributed by atoms with Crippen LogP contribution in [0.15, 0.2) is 0 Å². The summed E-state index contributed by atoms with van der Waals surface area (Å²) in [6, 6.07) is 0. The van der Waals surface area contributed by atoms with E-state index in [1.165, 1.54) is 0 Å². The third-order valence-electron chi connectivity index (χ3n) is 0.1000. The lowest BCUT2D eigenvalue weighted by molar-refractivity contribution is -0.849. The van der Waals surface area contributed by atoms with E-state index in [1.807, 2.05) is 0 Å². The first kappa shape index (κ1) is 16.4. The Morgan fingerprint density at radius 2 is 1.00 bits per heavy atom. The molecular weight excluding hydrogens is 134 g/mol. The normalized spacial score (nSPS) is 9.00. The summed E-state index contributed by atoms with van der Waals surface area (Å²) >= 11 is 0. The van der Waals surface area contributed by atoms with Crippen molar-refractivity contribution in [2.75, 3.05) is 41.4 Å². The first-order chi connectivity index (χ1) is 3.91. The molecule has 3 N–H and O–H groups in total. The number of quaternary nitrogens is 1. The highest BCUT2D eigenvalue weighted by Gasteiger charge is 1.88. The average molecular weight is 153 g/mol. The van der Waals surface area contributed by atoms with Crippen LogP contribution < -0.4 is 0 Å². The summed E-state index contributed by atoms with van der Waals surface area (Å²) in [5, 5.41) is 15.2. The van der Waals surface area contributed by atoms with Crippen molar-refractivity contribution < 1.29 is 20.2 Å². The Labute approximate surface area is 62.6 Å². The second kappa shape index (κ2) is 8.84. The van der Waals surface area contributed by atoms with E-state index in [0.29, 0.717) is 0 Å². The van der Waals surface area contributed by atoms with E-state index in [-0.39, 0.29) is 18.7 Å². The third kappa shape index (κ3) is 520. The van der Waals surface area contributed by atoms with Gasteiger partial charge in [-0.2, -0.15) is 0 Å². The lowest BCUT2D eigenvalue weighted by atomic mass is 10.8. The molecule has 0 aliphatic carbocycles. The molecule has 4 nitrogen and oxygen atoms in total. The zero-order chi connectivity index (χ0) is 7.91. The van der Waals surface area contributed by atoms with Crippen molar-refractivity contribution in [1.29, 1.82) is 0 Å². The van der Waals surface area contributed by atoms with Crippen molar-refractivity contribution in [1.82, 2.24) is 0 Å². The van der Waals surface area contributed by atoms with Crippen LogP contribution >= 0.6 is 0 Å². The van der Waals surface area contributed by atoms with Crippen LogP contribution in [-0.4, -0.2) is 61.6 Å². The minimum atomic E-state index is -0.125. The molecule has 0 bridgehead atoms. The molecule has 0 saturated carbocycles. The fraction of sp³-hybridized carbons (Fsp3) is 1.00. The van der Waals surface area contributed by atoms with Gasteiger partial charge in [0.25, 0.3) is 0 Å². The van der Waals surface area contributed by atoms with E-state index in [2.05, 4.69) is 28.2 Å². The SMILES string of the molecule is C[N+](C)(C)C.OCCO.[OH-]. The molecule has 0 aromatic heterocycles. The minimum absolute atomic E-state index is 0. The van der Waals surface area contributed by atoms with Crippen molar-refractivity contribution in [3.63, 3.8) is 0 Å². The molecule has 0 unspecified atom stereocenters. The molecule has 0 heterocycles. The molecule has 0 saturated heterocycles. The summed E-state index contributed by atoms with van der Waals surface area (Å²) in [6.07, 6.45) is 0. The van der Waals surface area contributed by atoms with Crippen LogP contribution in [0.5, 0.6) is 0 Å². The predicted octanol–water partition coefficient (Wildman–Crippen LogP) is -0.883. The van der Waals surface area contributed by atoms with Crippen LogP contribution in [0.4, 0.5) is 0 Å². The van der Waals surface area contributed by atoms with E-state index in [1.54, 1.807) is 0 Å². The Morgan fingerprint density at radius 3 is 1.00 bits per heavy atom. The Balaban J connectivity index is -0.0000000910. The van der Waals surface area contributed by atoms with Gasteiger partial charge in [-0.1, -0.05) is 0 Å². The van der Waals surface area contributed by atoms with Gasteiger partial charge in [-0.3, -0.25) is 0 Å². The van der Waals surface area contributed by atoms with Gasteiger partial charge < -0.3 is 20.2 Å². The van der Waals surface area contributed by atoms with Crippen LogP contribution in [0.25, 0.3) is 0 Å². The quantitative estimate of drug-likeness (QED) is 0.480. The zero-order valence-electron chi connectivity index (χ0n) is 7.20. The maximum atomic E-state index is 7.62. The molecule has 0 aliphatic heterocycles. The lowest BCUT2D eigenvalue weighted by Gasteiger charge is -2.14. The van der Waals surface area contributed by atoms with Gasteiger partial charge in [-0.25, -0.2) is 0 Å². The summed E-state index contributed by atoms with van der Waals surface area (Å²) in [5.41, 5.74) is 0. The number of hydrogen-bond acceptors (Lipinski definition) is 3. The summed E-state index contributed by atoms with van der Waals surface area (Å²) < 4.78 is 1.00. The Kier molecular flexibility index (Phi) is 14.5. The van der Waals surface area contributed by atoms with Crippen molar-refractivity contribution in [3.05, 3.63) is 0 Å². The number of aliphatic hydroxyl groups excluding tert-OH is 2. The highest BCUT2D eigenvalue weighted by molar-refractivity contribution is 4.06. The topological polar surface area (TPSA) is 70.5 Å². The van der Waals surface area contributed by atoms with Gasteiger partial charge in [-0.05, 0) is 0 Å². The maximum absolute atomic E-state index is 7.62. The number of rotatable bonds is 1. The van der Waals surface area contributed by atoms with Crippen LogP contribution in [-0.2, 0) is 0 Å². The number of nitrogens with zero attached hydrogens (tertiary/aromatic N) is 1. The maximum Gasteiger partial charge on any atom is 0.0675 e. The Hall–Kier alpha value is -0.160. The fourth-order valence-corrected chi connectivity index (χ4v) is 0. The van der Waals surface area contributed by atoms with Crippen LogP contribution in [0, 0.1) is 0 Å². The largest absolute Gasteiger partial charge is 0.870 e. The van der Waals surface area contributed by atoms with Gasteiger partial charge in [0, 0.05) is 0 Å². The Bertz CT molecular complexity index is 43.4. The fourth-order valence-electron chi connectivity index (χ4n) is 0. The second-order valence-electron chi connectivity index (χ2n) is 3.13. The summed E-state index contributed by atoms with van der Waals surface area (Å²) in [7, 11) is 8.50. The lowest BCUT2D eigenvalue weighted by Crippen LogP contribution is -2.27. The van der Waals surface area contributed by atoms with Gasteiger partial charge in [0.2, 0.25) is 0 Å². The predicted molar refractivity (Wildman–Crippen MR) is 40.1 cm³/mol. The molecule has 0 aliphatic rings. The molecule has 4 heteroatoms. The molecule has 0 spiro atoms. The summed E-state index contributed by atoms with van der Waals surface area (Å²) in [6.45, 7) is -0.250. The van der Waals surface area contributed by atoms with Gasteiger partial charge >= 0.3 is 0 Å². The van der Waals surface area contributed by atoms with Crippen molar-refractivity contribution in [3.8, 4) is 0 Å². The molecule has 0 radical (unpaired) electrons. The third-order valence-corrected chi connectivity index (χ3v) is 0.1000. The zero-order valence-corrected chi connectivity index (χ0v) is 7.20. The standard InChI is InChI=1S/C4H12N.C2H6O2.H2O/c1-5(2,3)4;3-1-2-4;/h1-4H3;3-4H,1-2H2;1H2/q+1;;/p-1. The summed E-state index contributed by atoms with van der Waals surface area (Å²) in [5.74, 6) is 0. The van der Waals surface area contributed by atoms with Gasteiger partial charge in [0.15, 0.2) is 0 Å². The highest BCUT2D eigenvalue weighted by atomic mass is 16.3. The first-order valence-electron chi connectivity index (χ1n) is 2.92. The van der Waals surface area contributed by atoms with Gasteiger partial charge in [0.1, 0.15) is 0 Å². The van der Waals surface area contributed by atoms with Crippen molar-refractivity contribution >= 4 is 0 Å². The van der Waals surface area contributed by atoms with E-state index in [9.17, 15) is 0 Å². The van der Waals surface area contributed by atoms with Gasteiger partial charge in [-0.15, -0.1) is 0 Å². The van der Waals surface area contributed by atoms with Crippen LogP contribution in [0.1, 0.15) is 0 Å². The molecule has 0 amide bonds. The van der Waals surface area contributed by atoms with E-state index >= 15 is 0 Å². The Morgan fingerprint density at radius 1 is 0.900 bits per heavy atom. The molecule has 0 rings (SSSR count). The molecule has 0 aromatic carbocycles. The van der Waals surface area contributed by atoms with E-state index < -0.39 is 0 Å². The smallest absolute Gasteiger partial charge is 0.0675 e. The van der Waals surface area contributed by atoms with E-state index in [0.717, 1.165) is 4.48 Å².